The molecule has 1 aliphatic carbocycles. The fourth-order valence-electron chi connectivity index (χ4n) is 2.60. The molecule has 0 amide bonds. The molecular weight excluding hydrogens is 342 g/mol. The van der Waals surface area contributed by atoms with Gasteiger partial charge in [0.1, 0.15) is 0 Å². The van der Waals surface area contributed by atoms with Gasteiger partial charge in [-0.3, -0.25) is 0 Å². The summed E-state index contributed by atoms with van der Waals surface area (Å²) in [5.41, 5.74) is 2.76. The van der Waals surface area contributed by atoms with Gasteiger partial charge in [-0.1, -0.05) is 33.6 Å². The van der Waals surface area contributed by atoms with Crippen LogP contribution in [0.3, 0.4) is 0 Å². The first-order chi connectivity index (χ1) is 9.24. The molecular formula is C15H15BrClNS. The number of halogens is 2. The Morgan fingerprint density at radius 2 is 2.26 bits per heavy atom. The maximum atomic E-state index is 5.97. The van der Waals surface area contributed by atoms with E-state index in [1.165, 1.54) is 30.4 Å². The predicted molar refractivity (Wildman–Crippen MR) is 86.0 cm³/mol. The van der Waals surface area contributed by atoms with Gasteiger partial charge in [-0.15, -0.1) is 11.3 Å². The molecule has 1 N–H and O–H groups in total. The average molecular weight is 357 g/mol. The highest BCUT2D eigenvalue weighted by Crippen LogP contribution is 2.33. The zero-order chi connectivity index (χ0) is 13.2. The minimum Gasteiger partial charge on any atom is -0.306 e. The fourth-order valence-corrected chi connectivity index (χ4v) is 4.41. The summed E-state index contributed by atoms with van der Waals surface area (Å²) >= 11 is 11.4. The molecule has 0 saturated carbocycles. The monoisotopic (exact) mass is 355 g/mol. The molecule has 3 rings (SSSR count). The number of hydrogen-bond acceptors (Lipinski definition) is 2. The van der Waals surface area contributed by atoms with Crippen molar-refractivity contribution >= 4 is 38.9 Å². The quantitative estimate of drug-likeness (QED) is 0.783. The van der Waals surface area contributed by atoms with Crippen LogP contribution in [0.1, 0.15) is 34.9 Å². The van der Waals surface area contributed by atoms with E-state index in [-0.39, 0.29) is 0 Å². The smallest absolute Gasteiger partial charge is 0.0417 e. The molecule has 1 unspecified atom stereocenters. The highest BCUT2D eigenvalue weighted by Gasteiger charge is 2.20. The van der Waals surface area contributed by atoms with Gasteiger partial charge < -0.3 is 5.32 Å². The Kier molecular flexibility index (Phi) is 4.27. The van der Waals surface area contributed by atoms with Gasteiger partial charge in [0.2, 0.25) is 0 Å². The van der Waals surface area contributed by atoms with Crippen LogP contribution in [0.2, 0.25) is 5.02 Å². The van der Waals surface area contributed by atoms with Crippen molar-refractivity contribution in [1.29, 1.82) is 0 Å². The number of fused-ring (bicyclic) bond motifs is 1. The predicted octanol–water partition coefficient (Wildman–Crippen LogP) is 5.33. The molecule has 0 saturated heterocycles. The molecule has 19 heavy (non-hydrogen) atoms. The van der Waals surface area contributed by atoms with E-state index in [4.69, 9.17) is 11.6 Å². The van der Waals surface area contributed by atoms with Gasteiger partial charge in [0.15, 0.2) is 0 Å². The second-order valence-corrected chi connectivity index (χ2v) is 7.15. The SMILES string of the molecule is Clc1ccc(CNC2CCCc3sccc32)c(Br)c1. The lowest BCUT2D eigenvalue weighted by molar-refractivity contribution is 0.463. The molecule has 0 radical (unpaired) electrons. The number of benzene rings is 1. The molecule has 1 nitrogen and oxygen atoms in total. The lowest BCUT2D eigenvalue weighted by Crippen LogP contribution is -2.24. The Morgan fingerprint density at radius 3 is 3.11 bits per heavy atom. The minimum atomic E-state index is 0.498. The van der Waals surface area contributed by atoms with Crippen molar-refractivity contribution in [2.45, 2.75) is 31.8 Å². The standard InChI is InChI=1S/C15H15BrClNS/c16-13-8-11(17)5-4-10(13)9-18-14-2-1-3-15-12(14)6-7-19-15/h4-8,14,18H,1-3,9H2. The van der Waals surface area contributed by atoms with Gasteiger partial charge in [-0.05, 0) is 54.0 Å². The minimum absolute atomic E-state index is 0.498. The van der Waals surface area contributed by atoms with Crippen LogP contribution in [0.4, 0.5) is 0 Å². The number of nitrogens with one attached hydrogen (secondary N) is 1. The Balaban J connectivity index is 1.71. The molecule has 4 heteroatoms. The first-order valence-corrected chi connectivity index (χ1v) is 8.52. The van der Waals surface area contributed by atoms with Crippen LogP contribution in [-0.4, -0.2) is 0 Å². The molecule has 0 fully saturated rings. The van der Waals surface area contributed by atoms with Crippen LogP contribution >= 0.6 is 38.9 Å². The van der Waals surface area contributed by atoms with E-state index >= 15 is 0 Å². The van der Waals surface area contributed by atoms with E-state index in [2.05, 4.69) is 38.8 Å². The third-order valence-corrected chi connectivity index (χ3v) is 5.58. The third kappa shape index (κ3) is 3.05. The van der Waals surface area contributed by atoms with Crippen LogP contribution in [0.25, 0.3) is 0 Å². The van der Waals surface area contributed by atoms with Crippen molar-refractivity contribution in [3.63, 3.8) is 0 Å². The lowest BCUT2D eigenvalue weighted by atomic mass is 9.94. The van der Waals surface area contributed by atoms with Crippen LogP contribution in [0, 0.1) is 0 Å². The number of hydrogen-bond donors (Lipinski definition) is 1. The zero-order valence-corrected chi connectivity index (χ0v) is 13.6. The summed E-state index contributed by atoms with van der Waals surface area (Å²) in [7, 11) is 0. The molecule has 1 aromatic heterocycles. The molecule has 100 valence electrons. The van der Waals surface area contributed by atoms with Crippen molar-refractivity contribution in [3.05, 3.63) is 55.1 Å². The van der Waals surface area contributed by atoms with Crippen molar-refractivity contribution in [3.8, 4) is 0 Å². The van der Waals surface area contributed by atoms with E-state index in [1.54, 1.807) is 4.88 Å². The van der Waals surface area contributed by atoms with E-state index in [1.807, 2.05) is 23.5 Å². The van der Waals surface area contributed by atoms with E-state index < -0.39 is 0 Å². The first-order valence-electron chi connectivity index (χ1n) is 6.47. The van der Waals surface area contributed by atoms with Gasteiger partial charge in [0.05, 0.1) is 0 Å². The maximum absolute atomic E-state index is 5.97. The summed E-state index contributed by atoms with van der Waals surface area (Å²) < 4.78 is 1.08. The molecule has 0 bridgehead atoms. The summed E-state index contributed by atoms with van der Waals surface area (Å²) in [6.07, 6.45) is 3.76. The fraction of sp³-hybridized carbons (Fsp3) is 0.333. The molecule has 1 atom stereocenters. The van der Waals surface area contributed by atoms with Crippen molar-refractivity contribution in [1.82, 2.24) is 5.32 Å². The topological polar surface area (TPSA) is 12.0 Å². The highest BCUT2D eigenvalue weighted by molar-refractivity contribution is 9.10. The second kappa shape index (κ2) is 5.96. The second-order valence-electron chi connectivity index (χ2n) is 4.86. The summed E-state index contributed by atoms with van der Waals surface area (Å²) in [5, 5.41) is 6.66. The molecule has 1 aliphatic rings. The van der Waals surface area contributed by atoms with Gasteiger partial charge in [0.25, 0.3) is 0 Å². The Hall–Kier alpha value is -0.350. The lowest BCUT2D eigenvalue weighted by Gasteiger charge is -2.24. The van der Waals surface area contributed by atoms with Gasteiger partial charge in [-0.2, -0.15) is 0 Å². The summed E-state index contributed by atoms with van der Waals surface area (Å²) in [5.74, 6) is 0. The Morgan fingerprint density at radius 1 is 1.37 bits per heavy atom. The Bertz CT molecular complexity index is 581. The van der Waals surface area contributed by atoms with E-state index in [0.29, 0.717) is 6.04 Å². The molecule has 1 aromatic carbocycles. The number of aryl methyl sites for hydroxylation is 1. The molecule has 0 aliphatic heterocycles. The first kappa shape index (κ1) is 13.6. The number of rotatable bonds is 3. The molecule has 0 spiro atoms. The van der Waals surface area contributed by atoms with Crippen LogP contribution in [0.5, 0.6) is 0 Å². The van der Waals surface area contributed by atoms with E-state index in [0.717, 1.165) is 16.0 Å². The number of thiophene rings is 1. The average Bonchev–Trinajstić information content (AvgIpc) is 2.86. The maximum Gasteiger partial charge on any atom is 0.0417 e. The van der Waals surface area contributed by atoms with Crippen LogP contribution in [0.15, 0.2) is 34.1 Å². The van der Waals surface area contributed by atoms with E-state index in [9.17, 15) is 0 Å². The van der Waals surface area contributed by atoms with Crippen molar-refractivity contribution in [2.24, 2.45) is 0 Å². The van der Waals surface area contributed by atoms with Crippen LogP contribution < -0.4 is 5.32 Å². The van der Waals surface area contributed by atoms with Crippen molar-refractivity contribution in [2.75, 3.05) is 0 Å². The molecule has 1 heterocycles. The Labute approximate surface area is 131 Å². The zero-order valence-electron chi connectivity index (χ0n) is 10.5. The summed E-state index contributed by atoms with van der Waals surface area (Å²) in [6.45, 7) is 0.873. The van der Waals surface area contributed by atoms with Crippen LogP contribution in [-0.2, 0) is 13.0 Å². The van der Waals surface area contributed by atoms with Gasteiger partial charge in [0, 0.05) is 27.0 Å². The molecule has 2 aromatic rings. The normalized spacial score (nSPS) is 18.3. The van der Waals surface area contributed by atoms with Gasteiger partial charge >= 0.3 is 0 Å². The summed E-state index contributed by atoms with van der Waals surface area (Å²) in [6, 6.07) is 8.75. The van der Waals surface area contributed by atoms with Crippen molar-refractivity contribution < 1.29 is 0 Å². The highest BCUT2D eigenvalue weighted by atomic mass is 79.9. The summed E-state index contributed by atoms with van der Waals surface area (Å²) in [4.78, 5) is 1.55. The third-order valence-electron chi connectivity index (χ3n) is 3.61. The van der Waals surface area contributed by atoms with Gasteiger partial charge in [-0.25, -0.2) is 0 Å². The largest absolute Gasteiger partial charge is 0.306 e.